The Kier molecular flexibility index (Phi) is 3.45. The van der Waals surface area contributed by atoms with Gasteiger partial charge in [0.25, 0.3) is 0 Å². The molecule has 2 aromatic carbocycles. The second kappa shape index (κ2) is 5.25. The Bertz CT molecular complexity index is 759. The Morgan fingerprint density at radius 3 is 2.50 bits per heavy atom. The van der Waals surface area contributed by atoms with Crippen LogP contribution in [0.4, 0.5) is 0 Å². The highest BCUT2D eigenvalue weighted by atomic mass is 79.9. The van der Waals surface area contributed by atoms with Crippen molar-refractivity contribution in [2.24, 2.45) is 0 Å². The van der Waals surface area contributed by atoms with E-state index in [9.17, 15) is 0 Å². The van der Waals surface area contributed by atoms with Gasteiger partial charge >= 0.3 is 0 Å². The molecule has 0 saturated carbocycles. The van der Waals surface area contributed by atoms with Gasteiger partial charge in [0.05, 0.1) is 11.9 Å². The minimum Gasteiger partial charge on any atom is -0.338 e. The molecule has 0 spiro atoms. The number of aromatic amines is 1. The van der Waals surface area contributed by atoms with E-state index >= 15 is 0 Å². The molecule has 0 atom stereocenters. The van der Waals surface area contributed by atoms with Crippen LogP contribution >= 0.6 is 15.9 Å². The average Bonchev–Trinajstić information content (AvgIpc) is 2.92. The van der Waals surface area contributed by atoms with Gasteiger partial charge in [-0.3, -0.25) is 0 Å². The molecule has 0 fully saturated rings. The first-order valence-corrected chi connectivity index (χ1v) is 7.32. The summed E-state index contributed by atoms with van der Waals surface area (Å²) in [5.74, 6) is 0.883. The van der Waals surface area contributed by atoms with Gasteiger partial charge in [0.1, 0.15) is 5.82 Å². The Balaban J connectivity index is 2.07. The predicted octanol–water partition coefficient (Wildman–Crippen LogP) is 5.12. The van der Waals surface area contributed by atoms with Gasteiger partial charge in [-0.15, -0.1) is 0 Å². The van der Waals surface area contributed by atoms with E-state index in [1.165, 1.54) is 16.7 Å². The Labute approximate surface area is 127 Å². The number of hydrogen-bond acceptors (Lipinski definition) is 1. The maximum absolute atomic E-state index is 4.51. The monoisotopic (exact) mass is 326 g/mol. The van der Waals surface area contributed by atoms with Crippen molar-refractivity contribution in [3.63, 3.8) is 0 Å². The van der Waals surface area contributed by atoms with Crippen molar-refractivity contribution in [2.75, 3.05) is 0 Å². The highest BCUT2D eigenvalue weighted by Gasteiger charge is 2.10. The molecular formula is C17H15BrN2. The summed E-state index contributed by atoms with van der Waals surface area (Å²) in [5.41, 5.74) is 5.91. The van der Waals surface area contributed by atoms with Crippen LogP contribution in [-0.2, 0) is 0 Å². The lowest BCUT2D eigenvalue weighted by Gasteiger charge is -2.06. The lowest BCUT2D eigenvalue weighted by Crippen LogP contribution is -1.87. The standard InChI is InChI=1S/C17H15BrN2/c1-11-6-5-8-13(12(11)2)16-10-19-17(20-16)14-7-3-4-9-15(14)18/h3-10H,1-2H3,(H,19,20). The molecule has 20 heavy (non-hydrogen) atoms. The van der Waals surface area contributed by atoms with Crippen LogP contribution in [0.2, 0.25) is 0 Å². The third-order valence-electron chi connectivity index (χ3n) is 3.60. The second-order valence-electron chi connectivity index (χ2n) is 4.87. The second-order valence-corrected chi connectivity index (χ2v) is 5.73. The number of imidazole rings is 1. The molecule has 3 heteroatoms. The highest BCUT2D eigenvalue weighted by Crippen LogP contribution is 2.29. The average molecular weight is 327 g/mol. The van der Waals surface area contributed by atoms with Crippen LogP contribution in [0.25, 0.3) is 22.6 Å². The van der Waals surface area contributed by atoms with Crippen LogP contribution in [0.15, 0.2) is 53.1 Å². The van der Waals surface area contributed by atoms with Gasteiger partial charge in [0.15, 0.2) is 0 Å². The quantitative estimate of drug-likeness (QED) is 0.695. The molecule has 0 amide bonds. The zero-order chi connectivity index (χ0) is 14.1. The van der Waals surface area contributed by atoms with Gasteiger partial charge < -0.3 is 4.98 Å². The van der Waals surface area contributed by atoms with E-state index in [2.05, 4.69) is 64.0 Å². The minimum atomic E-state index is 0.883. The normalized spacial score (nSPS) is 10.8. The number of aryl methyl sites for hydroxylation is 1. The number of aromatic nitrogens is 2. The molecule has 3 aromatic rings. The van der Waals surface area contributed by atoms with Crippen LogP contribution in [0.5, 0.6) is 0 Å². The maximum Gasteiger partial charge on any atom is 0.138 e. The molecule has 0 bridgehead atoms. The van der Waals surface area contributed by atoms with Crippen LogP contribution in [0.1, 0.15) is 11.1 Å². The fourth-order valence-electron chi connectivity index (χ4n) is 2.29. The van der Waals surface area contributed by atoms with Crippen molar-refractivity contribution in [1.29, 1.82) is 0 Å². The third kappa shape index (κ3) is 2.29. The summed E-state index contributed by atoms with van der Waals surface area (Å²) in [4.78, 5) is 7.92. The molecule has 0 unspecified atom stereocenters. The summed E-state index contributed by atoms with van der Waals surface area (Å²) >= 11 is 3.56. The molecule has 3 rings (SSSR count). The van der Waals surface area contributed by atoms with Crippen molar-refractivity contribution >= 4 is 15.9 Å². The molecule has 0 radical (unpaired) electrons. The van der Waals surface area contributed by atoms with E-state index < -0.39 is 0 Å². The Morgan fingerprint density at radius 2 is 1.70 bits per heavy atom. The summed E-state index contributed by atoms with van der Waals surface area (Å²) in [7, 11) is 0. The highest BCUT2D eigenvalue weighted by molar-refractivity contribution is 9.10. The van der Waals surface area contributed by atoms with Crippen LogP contribution in [0.3, 0.4) is 0 Å². The SMILES string of the molecule is Cc1cccc(-c2cnc(-c3ccccc3Br)[nH]2)c1C. The van der Waals surface area contributed by atoms with E-state index in [4.69, 9.17) is 0 Å². The number of benzene rings is 2. The molecule has 100 valence electrons. The molecule has 0 aliphatic carbocycles. The first-order valence-electron chi connectivity index (χ1n) is 6.53. The number of H-pyrrole nitrogens is 1. The molecule has 1 N–H and O–H groups in total. The fourth-order valence-corrected chi connectivity index (χ4v) is 2.76. The number of hydrogen-bond donors (Lipinski definition) is 1. The Morgan fingerprint density at radius 1 is 0.950 bits per heavy atom. The molecule has 1 aromatic heterocycles. The van der Waals surface area contributed by atoms with Crippen molar-refractivity contribution in [3.8, 4) is 22.6 Å². The number of nitrogens with one attached hydrogen (secondary N) is 1. The van der Waals surface area contributed by atoms with Gasteiger partial charge in [-0.1, -0.05) is 52.3 Å². The van der Waals surface area contributed by atoms with E-state index in [1.54, 1.807) is 0 Å². The number of halogens is 1. The largest absolute Gasteiger partial charge is 0.338 e. The summed E-state index contributed by atoms with van der Waals surface area (Å²) in [6.45, 7) is 4.27. The molecule has 0 aliphatic rings. The van der Waals surface area contributed by atoms with Gasteiger partial charge in [0.2, 0.25) is 0 Å². The summed E-state index contributed by atoms with van der Waals surface area (Å²) in [6, 6.07) is 14.4. The molecule has 0 aliphatic heterocycles. The predicted molar refractivity (Wildman–Crippen MR) is 86.6 cm³/mol. The van der Waals surface area contributed by atoms with E-state index in [1.807, 2.05) is 24.4 Å². The van der Waals surface area contributed by atoms with Crippen molar-refractivity contribution in [2.45, 2.75) is 13.8 Å². The van der Waals surface area contributed by atoms with Crippen molar-refractivity contribution in [3.05, 3.63) is 64.3 Å². The first kappa shape index (κ1) is 13.1. The summed E-state index contributed by atoms with van der Waals surface area (Å²) in [6.07, 6.45) is 1.90. The van der Waals surface area contributed by atoms with Gasteiger partial charge in [-0.25, -0.2) is 4.98 Å². The van der Waals surface area contributed by atoms with E-state index in [-0.39, 0.29) is 0 Å². The topological polar surface area (TPSA) is 28.7 Å². The van der Waals surface area contributed by atoms with Crippen LogP contribution in [0, 0.1) is 13.8 Å². The molecule has 2 nitrogen and oxygen atoms in total. The lowest BCUT2D eigenvalue weighted by molar-refractivity contribution is 1.29. The van der Waals surface area contributed by atoms with E-state index in [0.29, 0.717) is 0 Å². The molecular weight excluding hydrogens is 312 g/mol. The van der Waals surface area contributed by atoms with E-state index in [0.717, 1.165) is 21.6 Å². The lowest BCUT2D eigenvalue weighted by atomic mass is 10.0. The van der Waals surface area contributed by atoms with Gasteiger partial charge in [-0.2, -0.15) is 0 Å². The maximum atomic E-state index is 4.51. The zero-order valence-electron chi connectivity index (χ0n) is 11.4. The first-order chi connectivity index (χ1) is 9.66. The number of nitrogens with zero attached hydrogens (tertiary/aromatic N) is 1. The minimum absolute atomic E-state index is 0.883. The third-order valence-corrected chi connectivity index (χ3v) is 4.29. The summed E-state index contributed by atoms with van der Waals surface area (Å²) in [5, 5.41) is 0. The van der Waals surface area contributed by atoms with Crippen LogP contribution < -0.4 is 0 Å². The van der Waals surface area contributed by atoms with Crippen LogP contribution in [-0.4, -0.2) is 9.97 Å². The number of rotatable bonds is 2. The molecule has 1 heterocycles. The van der Waals surface area contributed by atoms with Gasteiger partial charge in [0, 0.05) is 15.6 Å². The smallest absolute Gasteiger partial charge is 0.138 e. The van der Waals surface area contributed by atoms with Gasteiger partial charge in [-0.05, 0) is 31.0 Å². The van der Waals surface area contributed by atoms with Crippen molar-refractivity contribution < 1.29 is 0 Å². The molecule has 0 saturated heterocycles. The Hall–Kier alpha value is -1.87. The zero-order valence-corrected chi connectivity index (χ0v) is 13.0. The van der Waals surface area contributed by atoms with Crippen molar-refractivity contribution in [1.82, 2.24) is 9.97 Å². The fraction of sp³-hybridized carbons (Fsp3) is 0.118. The summed E-state index contributed by atoms with van der Waals surface area (Å²) < 4.78 is 1.04.